The van der Waals surface area contributed by atoms with Crippen LogP contribution in [0, 0.1) is 0 Å². The fraction of sp³-hybridized carbons (Fsp3) is 0.357. The zero-order chi connectivity index (χ0) is 14.2. The van der Waals surface area contributed by atoms with Crippen LogP contribution < -0.4 is 10.1 Å². The molecule has 1 aromatic heterocycles. The van der Waals surface area contributed by atoms with E-state index in [2.05, 4.69) is 10.3 Å². The quantitative estimate of drug-likeness (QED) is 0.759. The molecular formula is C14H18N2O2S2. The average Bonchev–Trinajstić information content (AvgIpc) is 2.96. The molecule has 0 aliphatic rings. The average molecular weight is 310 g/mol. The Labute approximate surface area is 125 Å². The van der Waals surface area contributed by atoms with E-state index in [4.69, 9.17) is 4.74 Å². The van der Waals surface area contributed by atoms with Crippen molar-refractivity contribution in [3.05, 3.63) is 46.4 Å². The monoisotopic (exact) mass is 310 g/mol. The second-order valence-electron chi connectivity index (χ2n) is 4.37. The lowest BCUT2D eigenvalue weighted by Crippen LogP contribution is -2.19. The highest BCUT2D eigenvalue weighted by atomic mass is 32.2. The van der Waals surface area contributed by atoms with Gasteiger partial charge in [0.1, 0.15) is 12.4 Å². The molecule has 0 saturated heterocycles. The maximum absolute atomic E-state index is 10.9. The molecule has 20 heavy (non-hydrogen) atoms. The molecule has 1 aromatic carbocycles. The summed E-state index contributed by atoms with van der Waals surface area (Å²) >= 11 is 1.57. The van der Waals surface area contributed by atoms with E-state index in [-0.39, 0.29) is 0 Å². The largest absolute Gasteiger partial charge is 0.487 e. The van der Waals surface area contributed by atoms with Crippen molar-refractivity contribution < 1.29 is 8.95 Å². The van der Waals surface area contributed by atoms with E-state index in [0.29, 0.717) is 12.4 Å². The van der Waals surface area contributed by atoms with E-state index in [1.807, 2.05) is 29.6 Å². The SMILES string of the molecule is C[S@@](=O)CCNCc1ccc(OCc2cscn2)cc1. The van der Waals surface area contributed by atoms with Gasteiger partial charge in [0.15, 0.2) is 0 Å². The van der Waals surface area contributed by atoms with Crippen LogP contribution in [0.15, 0.2) is 35.2 Å². The van der Waals surface area contributed by atoms with Gasteiger partial charge in [-0.25, -0.2) is 4.98 Å². The van der Waals surface area contributed by atoms with Crippen LogP contribution in [0.25, 0.3) is 0 Å². The summed E-state index contributed by atoms with van der Waals surface area (Å²) in [6.45, 7) is 2.05. The molecule has 0 bridgehead atoms. The molecule has 0 saturated carbocycles. The predicted molar refractivity (Wildman–Crippen MR) is 83.5 cm³/mol. The van der Waals surface area contributed by atoms with Crippen LogP contribution in [0.4, 0.5) is 0 Å². The van der Waals surface area contributed by atoms with E-state index in [1.165, 1.54) is 5.56 Å². The van der Waals surface area contributed by atoms with Crippen molar-refractivity contribution >= 4 is 22.1 Å². The first kappa shape index (κ1) is 15.2. The predicted octanol–water partition coefficient (Wildman–Crippen LogP) is 2.19. The highest BCUT2D eigenvalue weighted by Gasteiger charge is 1.99. The highest BCUT2D eigenvalue weighted by molar-refractivity contribution is 7.84. The lowest BCUT2D eigenvalue weighted by molar-refractivity contribution is 0.302. The molecule has 0 amide bonds. The Hall–Kier alpha value is -1.24. The molecule has 0 aliphatic heterocycles. The fourth-order valence-electron chi connectivity index (χ4n) is 1.62. The van der Waals surface area contributed by atoms with E-state index in [1.54, 1.807) is 23.1 Å². The highest BCUT2D eigenvalue weighted by Crippen LogP contribution is 2.14. The number of rotatable bonds is 8. The van der Waals surface area contributed by atoms with Crippen molar-refractivity contribution in [3.63, 3.8) is 0 Å². The Balaban J connectivity index is 1.73. The summed E-state index contributed by atoms with van der Waals surface area (Å²) in [4.78, 5) is 4.17. The van der Waals surface area contributed by atoms with Gasteiger partial charge >= 0.3 is 0 Å². The van der Waals surface area contributed by atoms with Crippen molar-refractivity contribution in [3.8, 4) is 5.75 Å². The van der Waals surface area contributed by atoms with Crippen molar-refractivity contribution in [2.45, 2.75) is 13.2 Å². The van der Waals surface area contributed by atoms with Gasteiger partial charge < -0.3 is 10.1 Å². The van der Waals surface area contributed by atoms with Gasteiger partial charge in [0, 0.05) is 41.3 Å². The summed E-state index contributed by atoms with van der Waals surface area (Å²) in [6.07, 6.45) is 1.72. The molecule has 0 fully saturated rings. The molecule has 108 valence electrons. The Kier molecular flexibility index (Phi) is 6.17. The second-order valence-corrected chi connectivity index (χ2v) is 6.64. The molecule has 0 spiro atoms. The maximum Gasteiger partial charge on any atom is 0.131 e. The first-order valence-corrected chi connectivity index (χ1v) is 9.00. The van der Waals surface area contributed by atoms with E-state index in [9.17, 15) is 4.21 Å². The number of benzene rings is 1. The minimum absolute atomic E-state index is 0.503. The number of ether oxygens (including phenoxy) is 1. The third-order valence-corrected chi connectivity index (χ3v) is 4.10. The smallest absolute Gasteiger partial charge is 0.131 e. The van der Waals surface area contributed by atoms with Gasteiger partial charge in [-0.2, -0.15) is 0 Å². The van der Waals surface area contributed by atoms with Crippen LogP contribution in [0.3, 0.4) is 0 Å². The van der Waals surface area contributed by atoms with Crippen LogP contribution in [-0.2, 0) is 24.0 Å². The maximum atomic E-state index is 10.9. The molecule has 0 radical (unpaired) electrons. The van der Waals surface area contributed by atoms with Crippen LogP contribution in [0.1, 0.15) is 11.3 Å². The van der Waals surface area contributed by atoms with Gasteiger partial charge in [0.25, 0.3) is 0 Å². The summed E-state index contributed by atoms with van der Waals surface area (Å²) in [5.41, 5.74) is 3.94. The molecule has 1 atom stereocenters. The van der Waals surface area contributed by atoms with Crippen LogP contribution >= 0.6 is 11.3 Å². The molecule has 4 nitrogen and oxygen atoms in total. The normalized spacial score (nSPS) is 12.2. The number of hydrogen-bond donors (Lipinski definition) is 1. The number of aromatic nitrogens is 1. The number of nitrogens with one attached hydrogen (secondary N) is 1. The van der Waals surface area contributed by atoms with Gasteiger partial charge in [-0.3, -0.25) is 4.21 Å². The minimum atomic E-state index is -0.732. The number of nitrogens with zero attached hydrogens (tertiary/aromatic N) is 1. The Morgan fingerprint density at radius 1 is 1.35 bits per heavy atom. The Bertz CT molecular complexity index is 527. The molecule has 0 aliphatic carbocycles. The molecule has 1 N–H and O–H groups in total. The summed E-state index contributed by atoms with van der Waals surface area (Å²) in [6, 6.07) is 7.99. The molecule has 2 rings (SSSR count). The molecular weight excluding hydrogens is 292 g/mol. The molecule has 0 unspecified atom stereocenters. The van der Waals surface area contributed by atoms with Crippen molar-refractivity contribution in [2.24, 2.45) is 0 Å². The number of hydrogen-bond acceptors (Lipinski definition) is 5. The third kappa shape index (κ3) is 5.40. The summed E-state index contributed by atoms with van der Waals surface area (Å²) in [5, 5.41) is 5.25. The Morgan fingerprint density at radius 2 is 2.15 bits per heavy atom. The third-order valence-electron chi connectivity index (χ3n) is 2.69. The number of thiazole rings is 1. The summed E-state index contributed by atoms with van der Waals surface area (Å²) < 4.78 is 16.6. The van der Waals surface area contributed by atoms with Gasteiger partial charge in [-0.05, 0) is 17.7 Å². The second kappa shape index (κ2) is 8.14. The van der Waals surface area contributed by atoms with Gasteiger partial charge in [0.05, 0.1) is 11.2 Å². The van der Waals surface area contributed by atoms with Gasteiger partial charge in [-0.15, -0.1) is 11.3 Å². The van der Waals surface area contributed by atoms with Gasteiger partial charge in [-0.1, -0.05) is 12.1 Å². The Morgan fingerprint density at radius 3 is 2.80 bits per heavy atom. The zero-order valence-electron chi connectivity index (χ0n) is 11.4. The van der Waals surface area contributed by atoms with Crippen LogP contribution in [0.5, 0.6) is 5.75 Å². The first-order valence-electron chi connectivity index (χ1n) is 6.33. The van der Waals surface area contributed by atoms with Crippen LogP contribution in [-0.4, -0.2) is 27.7 Å². The first-order chi connectivity index (χ1) is 9.74. The lowest BCUT2D eigenvalue weighted by Gasteiger charge is -2.07. The minimum Gasteiger partial charge on any atom is -0.487 e. The van der Waals surface area contributed by atoms with E-state index in [0.717, 1.165) is 24.5 Å². The molecule has 2 aromatic rings. The van der Waals surface area contributed by atoms with Gasteiger partial charge in [0.2, 0.25) is 0 Å². The summed E-state index contributed by atoms with van der Waals surface area (Å²) in [5.74, 6) is 1.53. The van der Waals surface area contributed by atoms with Crippen molar-refractivity contribution in [1.29, 1.82) is 0 Å². The fourth-order valence-corrected chi connectivity index (χ4v) is 2.59. The lowest BCUT2D eigenvalue weighted by atomic mass is 10.2. The van der Waals surface area contributed by atoms with Crippen LogP contribution in [0.2, 0.25) is 0 Å². The van der Waals surface area contributed by atoms with Crippen molar-refractivity contribution in [2.75, 3.05) is 18.6 Å². The molecule has 1 heterocycles. The molecule has 6 heteroatoms. The van der Waals surface area contributed by atoms with E-state index >= 15 is 0 Å². The van der Waals surface area contributed by atoms with Crippen molar-refractivity contribution in [1.82, 2.24) is 10.3 Å². The van der Waals surface area contributed by atoms with E-state index < -0.39 is 10.8 Å². The zero-order valence-corrected chi connectivity index (χ0v) is 13.0. The standard InChI is InChI=1S/C14H18N2O2S2/c1-20(17)7-6-15-8-12-2-4-14(5-3-12)18-9-13-10-19-11-16-13/h2-5,10-11,15H,6-9H2,1H3/t20-/m1/s1. The summed E-state index contributed by atoms with van der Waals surface area (Å²) in [7, 11) is -0.732. The topological polar surface area (TPSA) is 51.2 Å².